The van der Waals surface area contributed by atoms with Crippen LogP contribution in [0.3, 0.4) is 0 Å². The highest BCUT2D eigenvalue weighted by Crippen LogP contribution is 2.29. The second-order valence-corrected chi connectivity index (χ2v) is 5.47. The highest BCUT2D eigenvalue weighted by molar-refractivity contribution is 6.08. The van der Waals surface area contributed by atoms with Crippen molar-refractivity contribution in [3.8, 4) is 0 Å². The van der Waals surface area contributed by atoms with E-state index in [0.29, 0.717) is 6.04 Å². The van der Waals surface area contributed by atoms with Crippen LogP contribution in [-0.4, -0.2) is 17.7 Å². The lowest BCUT2D eigenvalue weighted by Crippen LogP contribution is -2.17. The second-order valence-electron chi connectivity index (χ2n) is 5.47. The van der Waals surface area contributed by atoms with Crippen molar-refractivity contribution in [3.63, 3.8) is 0 Å². The molecular weight excluding hydrogens is 256 g/mol. The van der Waals surface area contributed by atoms with Gasteiger partial charge in [0.2, 0.25) is 0 Å². The number of hydrogen-bond donors (Lipinski definition) is 1. The molecule has 0 aliphatic heterocycles. The van der Waals surface area contributed by atoms with Gasteiger partial charge in [-0.05, 0) is 44.7 Å². The zero-order chi connectivity index (χ0) is 14.8. The summed E-state index contributed by atoms with van der Waals surface area (Å²) in [4.78, 5) is 0. The van der Waals surface area contributed by atoms with Crippen molar-refractivity contribution in [3.05, 3.63) is 54.1 Å². The Bertz CT molecular complexity index is 796. The molecular formula is C19H22N2. The van der Waals surface area contributed by atoms with E-state index in [9.17, 15) is 0 Å². The predicted molar refractivity (Wildman–Crippen MR) is 92.7 cm³/mol. The number of para-hydroxylation sites is 1. The number of hydrogen-bond acceptors (Lipinski definition) is 1. The van der Waals surface area contributed by atoms with Gasteiger partial charge in [0.15, 0.2) is 0 Å². The largest absolute Gasteiger partial charge is 0.341 e. The van der Waals surface area contributed by atoms with Gasteiger partial charge in [-0.1, -0.05) is 36.4 Å². The third-order valence-electron chi connectivity index (χ3n) is 4.15. The fraction of sp³-hybridized carbons (Fsp3) is 0.263. The minimum atomic E-state index is 0.387. The molecule has 0 spiro atoms. The van der Waals surface area contributed by atoms with Crippen LogP contribution >= 0.6 is 0 Å². The quantitative estimate of drug-likeness (QED) is 0.746. The molecule has 3 rings (SSSR count). The van der Waals surface area contributed by atoms with Gasteiger partial charge in [-0.25, -0.2) is 0 Å². The molecule has 108 valence electrons. The summed E-state index contributed by atoms with van der Waals surface area (Å²) in [6, 6.07) is 15.8. The number of nitrogens with zero attached hydrogens (tertiary/aromatic N) is 1. The van der Waals surface area contributed by atoms with Crippen molar-refractivity contribution >= 4 is 27.9 Å². The van der Waals surface area contributed by atoms with Crippen molar-refractivity contribution < 1.29 is 0 Å². The van der Waals surface area contributed by atoms with E-state index < -0.39 is 0 Å². The summed E-state index contributed by atoms with van der Waals surface area (Å²) in [7, 11) is 1.98. The summed E-state index contributed by atoms with van der Waals surface area (Å²) in [5.41, 5.74) is 3.89. The maximum absolute atomic E-state index is 3.22. The van der Waals surface area contributed by atoms with E-state index in [1.54, 1.807) is 0 Å². The number of likely N-dealkylation sites (N-methyl/N-ethyl adjacent to an activating group) is 1. The van der Waals surface area contributed by atoms with Gasteiger partial charge < -0.3 is 9.88 Å². The number of benzene rings is 2. The minimum Gasteiger partial charge on any atom is -0.341 e. The first-order valence-corrected chi connectivity index (χ1v) is 7.61. The molecule has 0 aliphatic carbocycles. The number of aryl methyl sites for hydroxylation is 1. The van der Waals surface area contributed by atoms with Crippen molar-refractivity contribution in [2.45, 2.75) is 26.4 Å². The average molecular weight is 278 g/mol. The van der Waals surface area contributed by atoms with Crippen LogP contribution in [0.1, 0.15) is 19.4 Å². The van der Waals surface area contributed by atoms with Crippen molar-refractivity contribution in [2.75, 3.05) is 7.05 Å². The van der Waals surface area contributed by atoms with E-state index in [2.05, 4.69) is 78.3 Å². The summed E-state index contributed by atoms with van der Waals surface area (Å²) in [6.45, 7) is 5.35. The Labute approximate surface area is 126 Å². The summed E-state index contributed by atoms with van der Waals surface area (Å²) in [5.74, 6) is 0. The van der Waals surface area contributed by atoms with E-state index in [0.717, 1.165) is 6.54 Å². The molecule has 0 bridgehead atoms. The van der Waals surface area contributed by atoms with Gasteiger partial charge in [0, 0.05) is 34.4 Å². The van der Waals surface area contributed by atoms with E-state index in [4.69, 9.17) is 0 Å². The molecule has 3 aromatic rings. The lowest BCUT2D eigenvalue weighted by Gasteiger charge is -2.04. The normalized spacial score (nSPS) is 13.5. The smallest absolute Gasteiger partial charge is 0.0491 e. The number of aromatic nitrogens is 1. The lowest BCUT2D eigenvalue weighted by atomic mass is 10.1. The zero-order valence-corrected chi connectivity index (χ0v) is 12.9. The summed E-state index contributed by atoms with van der Waals surface area (Å²) >= 11 is 0. The highest BCUT2D eigenvalue weighted by atomic mass is 15.0. The van der Waals surface area contributed by atoms with Crippen LogP contribution in [0.5, 0.6) is 0 Å². The SMILES string of the molecule is CCn1c2ccccc2c2cc(/C=C/C(C)NC)ccc21. The molecule has 1 heterocycles. The third kappa shape index (κ3) is 2.47. The van der Waals surface area contributed by atoms with Crippen LogP contribution in [0.2, 0.25) is 0 Å². The first-order valence-electron chi connectivity index (χ1n) is 7.61. The highest BCUT2D eigenvalue weighted by Gasteiger charge is 2.08. The predicted octanol–water partition coefficient (Wildman–Crippen LogP) is 4.44. The van der Waals surface area contributed by atoms with E-state index in [-0.39, 0.29) is 0 Å². The number of fused-ring (bicyclic) bond motifs is 3. The standard InChI is InChI=1S/C19H22N2/c1-4-21-18-8-6-5-7-16(18)17-13-15(11-12-19(17)21)10-9-14(2)20-3/h5-14,20H,4H2,1-3H3/b10-9+. The Morgan fingerprint density at radius 1 is 1.10 bits per heavy atom. The fourth-order valence-electron chi connectivity index (χ4n) is 2.87. The Balaban J connectivity index is 2.17. The summed E-state index contributed by atoms with van der Waals surface area (Å²) in [5, 5.41) is 5.90. The van der Waals surface area contributed by atoms with Crippen LogP contribution in [0.25, 0.3) is 27.9 Å². The van der Waals surface area contributed by atoms with E-state index in [1.807, 2.05) is 7.05 Å². The van der Waals surface area contributed by atoms with Gasteiger partial charge in [-0.15, -0.1) is 0 Å². The van der Waals surface area contributed by atoms with Crippen molar-refractivity contribution in [1.82, 2.24) is 9.88 Å². The molecule has 0 radical (unpaired) electrons. The molecule has 0 saturated heterocycles. The third-order valence-corrected chi connectivity index (χ3v) is 4.15. The van der Waals surface area contributed by atoms with Gasteiger partial charge in [-0.3, -0.25) is 0 Å². The van der Waals surface area contributed by atoms with Crippen LogP contribution in [0.4, 0.5) is 0 Å². The molecule has 21 heavy (non-hydrogen) atoms. The molecule has 0 saturated carbocycles. The van der Waals surface area contributed by atoms with E-state index >= 15 is 0 Å². The Morgan fingerprint density at radius 2 is 1.86 bits per heavy atom. The average Bonchev–Trinajstić information content (AvgIpc) is 2.85. The fourth-order valence-corrected chi connectivity index (χ4v) is 2.87. The topological polar surface area (TPSA) is 17.0 Å². The molecule has 0 aliphatic rings. The van der Waals surface area contributed by atoms with Crippen molar-refractivity contribution in [1.29, 1.82) is 0 Å². The zero-order valence-electron chi connectivity index (χ0n) is 12.9. The summed E-state index contributed by atoms with van der Waals surface area (Å²) < 4.78 is 2.38. The molecule has 0 fully saturated rings. The molecule has 2 aromatic carbocycles. The van der Waals surface area contributed by atoms with Gasteiger partial charge in [-0.2, -0.15) is 0 Å². The van der Waals surface area contributed by atoms with Crippen molar-refractivity contribution in [2.24, 2.45) is 0 Å². The van der Waals surface area contributed by atoms with Crippen LogP contribution in [-0.2, 0) is 6.54 Å². The first kappa shape index (κ1) is 13.9. The Hall–Kier alpha value is -2.06. The lowest BCUT2D eigenvalue weighted by molar-refractivity contribution is 0.731. The van der Waals surface area contributed by atoms with Gasteiger partial charge in [0.25, 0.3) is 0 Å². The van der Waals surface area contributed by atoms with Gasteiger partial charge in [0.05, 0.1) is 0 Å². The molecule has 1 atom stereocenters. The number of nitrogens with one attached hydrogen (secondary N) is 1. The second kappa shape index (κ2) is 5.74. The maximum atomic E-state index is 3.22. The number of rotatable bonds is 4. The Kier molecular flexibility index (Phi) is 3.80. The van der Waals surface area contributed by atoms with Crippen LogP contribution < -0.4 is 5.32 Å². The van der Waals surface area contributed by atoms with Crippen LogP contribution in [0.15, 0.2) is 48.5 Å². The van der Waals surface area contributed by atoms with Crippen LogP contribution in [0, 0.1) is 0 Å². The molecule has 2 nitrogen and oxygen atoms in total. The Morgan fingerprint density at radius 3 is 2.62 bits per heavy atom. The molecule has 1 aromatic heterocycles. The molecule has 2 heteroatoms. The molecule has 1 unspecified atom stereocenters. The maximum Gasteiger partial charge on any atom is 0.0491 e. The monoisotopic (exact) mass is 278 g/mol. The molecule has 0 amide bonds. The summed E-state index contributed by atoms with van der Waals surface area (Å²) in [6.07, 6.45) is 4.39. The molecule has 1 N–H and O–H groups in total. The van der Waals surface area contributed by atoms with Gasteiger partial charge in [0.1, 0.15) is 0 Å². The first-order chi connectivity index (χ1) is 10.2. The minimum absolute atomic E-state index is 0.387. The van der Waals surface area contributed by atoms with Gasteiger partial charge >= 0.3 is 0 Å². The van der Waals surface area contributed by atoms with E-state index in [1.165, 1.54) is 27.4 Å².